The Hall–Kier alpha value is -2.04. The van der Waals surface area contributed by atoms with Crippen molar-refractivity contribution in [3.8, 4) is 11.8 Å². The fourth-order valence-electron chi connectivity index (χ4n) is 2.30. The second-order valence-corrected chi connectivity index (χ2v) is 4.84. The number of hydrogen-bond acceptors (Lipinski definition) is 1. The minimum absolute atomic E-state index is 0.0914. The zero-order valence-corrected chi connectivity index (χ0v) is 11.0. The summed E-state index contributed by atoms with van der Waals surface area (Å²) in [5.41, 5.74) is 4.87. The van der Waals surface area contributed by atoms with Crippen LogP contribution in [0.3, 0.4) is 0 Å². The molecule has 0 bridgehead atoms. The third-order valence-corrected chi connectivity index (χ3v) is 3.39. The number of aryl methyl sites for hydroxylation is 1. The van der Waals surface area contributed by atoms with E-state index < -0.39 is 0 Å². The normalized spacial score (nSPS) is 17.2. The molecule has 1 aliphatic rings. The second kappa shape index (κ2) is 5.30. The van der Waals surface area contributed by atoms with E-state index in [0.717, 1.165) is 18.6 Å². The summed E-state index contributed by atoms with van der Waals surface area (Å²) in [5.74, 6) is 6.45. The number of rotatable bonds is 0. The molecule has 2 aromatic carbocycles. The van der Waals surface area contributed by atoms with Crippen molar-refractivity contribution >= 4 is 0 Å². The molecule has 0 amide bonds. The molecule has 19 heavy (non-hydrogen) atoms. The molecule has 1 unspecified atom stereocenters. The van der Waals surface area contributed by atoms with E-state index in [9.17, 15) is 0 Å². The summed E-state index contributed by atoms with van der Waals surface area (Å²) in [6.07, 6.45) is 0.894. The van der Waals surface area contributed by atoms with Crippen molar-refractivity contribution in [2.24, 2.45) is 0 Å². The number of hydrogen-bond donors (Lipinski definition) is 0. The third-order valence-electron chi connectivity index (χ3n) is 3.39. The Morgan fingerprint density at radius 3 is 2.68 bits per heavy atom. The molecule has 0 spiro atoms. The Balaban J connectivity index is 1.87. The van der Waals surface area contributed by atoms with Crippen molar-refractivity contribution in [3.05, 3.63) is 70.8 Å². The van der Waals surface area contributed by atoms with Crippen molar-refractivity contribution in [1.82, 2.24) is 0 Å². The van der Waals surface area contributed by atoms with E-state index in [4.69, 9.17) is 4.74 Å². The highest BCUT2D eigenvalue weighted by Gasteiger charge is 2.17. The van der Waals surface area contributed by atoms with Gasteiger partial charge in [0.25, 0.3) is 0 Å². The first-order valence-corrected chi connectivity index (χ1v) is 6.60. The van der Waals surface area contributed by atoms with Gasteiger partial charge in [0, 0.05) is 5.56 Å². The zero-order valence-electron chi connectivity index (χ0n) is 11.0. The fourth-order valence-corrected chi connectivity index (χ4v) is 2.30. The average Bonchev–Trinajstić information content (AvgIpc) is 2.47. The van der Waals surface area contributed by atoms with Crippen LogP contribution in [0.15, 0.2) is 48.5 Å². The van der Waals surface area contributed by atoms with E-state index in [0.29, 0.717) is 0 Å². The summed E-state index contributed by atoms with van der Waals surface area (Å²) in [5, 5.41) is 0. The number of fused-ring (bicyclic) bond motifs is 1. The van der Waals surface area contributed by atoms with Crippen molar-refractivity contribution in [3.63, 3.8) is 0 Å². The van der Waals surface area contributed by atoms with Gasteiger partial charge >= 0.3 is 0 Å². The van der Waals surface area contributed by atoms with Gasteiger partial charge in [0.2, 0.25) is 0 Å². The maximum atomic E-state index is 5.78. The maximum absolute atomic E-state index is 5.78. The van der Waals surface area contributed by atoms with E-state index in [-0.39, 0.29) is 6.10 Å². The van der Waals surface area contributed by atoms with Crippen LogP contribution in [-0.2, 0) is 11.2 Å². The predicted octanol–water partition coefficient (Wildman–Crippen LogP) is 3.66. The molecule has 0 aromatic heterocycles. The maximum Gasteiger partial charge on any atom is 0.144 e. The van der Waals surface area contributed by atoms with Gasteiger partial charge in [-0.15, -0.1) is 0 Å². The molecule has 0 saturated heterocycles. The first-order valence-electron chi connectivity index (χ1n) is 6.60. The first-order chi connectivity index (χ1) is 9.33. The largest absolute Gasteiger partial charge is 0.360 e. The Labute approximate surface area is 114 Å². The van der Waals surface area contributed by atoms with Crippen LogP contribution in [0, 0.1) is 18.8 Å². The van der Waals surface area contributed by atoms with Crippen molar-refractivity contribution in [2.45, 2.75) is 19.4 Å². The summed E-state index contributed by atoms with van der Waals surface area (Å²) in [6.45, 7) is 2.84. The summed E-state index contributed by atoms with van der Waals surface area (Å²) in [6, 6.07) is 16.7. The number of benzene rings is 2. The van der Waals surface area contributed by atoms with Crippen LogP contribution < -0.4 is 0 Å². The van der Waals surface area contributed by atoms with E-state index in [1.807, 2.05) is 6.07 Å². The van der Waals surface area contributed by atoms with Gasteiger partial charge in [0.15, 0.2) is 0 Å². The van der Waals surface area contributed by atoms with Crippen LogP contribution in [0.1, 0.15) is 28.4 Å². The van der Waals surface area contributed by atoms with Crippen LogP contribution in [0.5, 0.6) is 0 Å². The Morgan fingerprint density at radius 2 is 1.84 bits per heavy atom. The van der Waals surface area contributed by atoms with Crippen LogP contribution in [-0.4, -0.2) is 6.61 Å². The second-order valence-electron chi connectivity index (χ2n) is 4.84. The molecule has 1 heteroatoms. The van der Waals surface area contributed by atoms with Gasteiger partial charge in [-0.25, -0.2) is 0 Å². The van der Waals surface area contributed by atoms with Gasteiger partial charge in [-0.3, -0.25) is 0 Å². The Kier molecular flexibility index (Phi) is 3.35. The molecule has 1 aliphatic heterocycles. The van der Waals surface area contributed by atoms with Crippen molar-refractivity contribution < 1.29 is 4.74 Å². The smallest absolute Gasteiger partial charge is 0.144 e. The van der Waals surface area contributed by atoms with Crippen molar-refractivity contribution in [2.75, 3.05) is 6.61 Å². The van der Waals surface area contributed by atoms with E-state index in [1.54, 1.807) is 0 Å². The van der Waals surface area contributed by atoms with Crippen LogP contribution >= 0.6 is 0 Å². The summed E-state index contributed by atoms with van der Waals surface area (Å²) in [7, 11) is 0. The Morgan fingerprint density at radius 1 is 1.05 bits per heavy atom. The van der Waals surface area contributed by atoms with Gasteiger partial charge in [0.1, 0.15) is 6.10 Å². The monoisotopic (exact) mass is 248 g/mol. The van der Waals surface area contributed by atoms with E-state index in [1.165, 1.54) is 16.7 Å². The molecule has 0 saturated carbocycles. The van der Waals surface area contributed by atoms with E-state index in [2.05, 4.69) is 61.2 Å². The molecule has 0 N–H and O–H groups in total. The lowest BCUT2D eigenvalue weighted by molar-refractivity contribution is 0.0814. The van der Waals surface area contributed by atoms with Gasteiger partial charge in [-0.05, 0) is 36.6 Å². The lowest BCUT2D eigenvalue weighted by Gasteiger charge is -2.21. The summed E-state index contributed by atoms with van der Waals surface area (Å²) < 4.78 is 5.78. The summed E-state index contributed by atoms with van der Waals surface area (Å²) >= 11 is 0. The molecule has 1 heterocycles. The molecule has 0 fully saturated rings. The van der Waals surface area contributed by atoms with Crippen LogP contribution in [0.2, 0.25) is 0 Å². The third kappa shape index (κ3) is 2.70. The average molecular weight is 248 g/mol. The standard InChI is InChI=1S/C18H16O/c1-14-6-8-15(9-7-14)10-11-18-17-5-3-2-4-16(17)12-13-19-18/h2-9,18H,12-13H2,1H3. The molecule has 3 rings (SSSR count). The lowest BCUT2D eigenvalue weighted by atomic mass is 9.98. The number of ether oxygens (including phenoxy) is 1. The highest BCUT2D eigenvalue weighted by atomic mass is 16.5. The molecule has 0 aliphatic carbocycles. The summed E-state index contributed by atoms with van der Waals surface area (Å²) in [4.78, 5) is 0. The molecule has 94 valence electrons. The van der Waals surface area contributed by atoms with Crippen LogP contribution in [0.4, 0.5) is 0 Å². The Bertz CT molecular complexity index is 629. The van der Waals surface area contributed by atoms with E-state index >= 15 is 0 Å². The van der Waals surface area contributed by atoms with Crippen molar-refractivity contribution in [1.29, 1.82) is 0 Å². The van der Waals surface area contributed by atoms with Gasteiger partial charge in [-0.2, -0.15) is 0 Å². The van der Waals surface area contributed by atoms with Gasteiger partial charge in [-0.1, -0.05) is 53.8 Å². The molecule has 1 nitrogen and oxygen atoms in total. The predicted molar refractivity (Wildman–Crippen MR) is 76.9 cm³/mol. The molecular formula is C18H16O. The highest BCUT2D eigenvalue weighted by molar-refractivity contribution is 5.40. The lowest BCUT2D eigenvalue weighted by Crippen LogP contribution is -2.14. The van der Waals surface area contributed by atoms with Gasteiger partial charge < -0.3 is 4.74 Å². The molecule has 2 aromatic rings. The molecule has 1 atom stereocenters. The first kappa shape index (κ1) is 12.0. The zero-order chi connectivity index (χ0) is 13.1. The SMILES string of the molecule is Cc1ccc(C#CC2OCCc3ccccc32)cc1. The van der Waals surface area contributed by atoms with Crippen LogP contribution in [0.25, 0.3) is 0 Å². The topological polar surface area (TPSA) is 9.23 Å². The molecular weight excluding hydrogens is 232 g/mol. The highest BCUT2D eigenvalue weighted by Crippen LogP contribution is 2.26. The quantitative estimate of drug-likeness (QED) is 0.646. The minimum Gasteiger partial charge on any atom is -0.360 e. The minimum atomic E-state index is -0.0914. The van der Waals surface area contributed by atoms with Gasteiger partial charge in [0.05, 0.1) is 6.61 Å². The molecule has 0 radical (unpaired) electrons. The fraction of sp³-hybridized carbons (Fsp3) is 0.222.